The number of hydrogen-bond acceptors (Lipinski definition) is 4. The summed E-state index contributed by atoms with van der Waals surface area (Å²) in [5.74, 6) is 0. The third-order valence-corrected chi connectivity index (χ3v) is 3.92. The van der Waals surface area contributed by atoms with Crippen LogP contribution in [-0.2, 0) is 6.42 Å². The molecule has 0 radical (unpaired) electrons. The second kappa shape index (κ2) is 6.48. The highest BCUT2D eigenvalue weighted by Gasteiger charge is 2.39. The number of aliphatic hydroxyl groups is 3. The van der Waals surface area contributed by atoms with Gasteiger partial charge in [0.1, 0.15) is 6.10 Å². The molecule has 1 fully saturated rings. The molecule has 2 rings (SSSR count). The molecular formula is C15H23NO3. The van der Waals surface area contributed by atoms with Crippen LogP contribution in [0, 0.1) is 0 Å². The van der Waals surface area contributed by atoms with Crippen LogP contribution >= 0.6 is 0 Å². The quantitative estimate of drug-likeness (QED) is 0.638. The van der Waals surface area contributed by atoms with Crippen molar-refractivity contribution in [2.24, 2.45) is 0 Å². The van der Waals surface area contributed by atoms with Crippen molar-refractivity contribution in [2.75, 3.05) is 0 Å². The van der Waals surface area contributed by atoms with Gasteiger partial charge in [0.05, 0.1) is 12.2 Å². The van der Waals surface area contributed by atoms with Gasteiger partial charge in [0.2, 0.25) is 0 Å². The molecule has 4 nitrogen and oxygen atoms in total. The molecule has 0 aromatic heterocycles. The number of nitrogens with one attached hydrogen (secondary N) is 1. The highest BCUT2D eigenvalue weighted by Crippen LogP contribution is 2.19. The van der Waals surface area contributed by atoms with E-state index in [9.17, 15) is 15.3 Å². The highest BCUT2D eigenvalue weighted by molar-refractivity contribution is 5.14. The molecule has 1 aliphatic heterocycles. The molecule has 0 bridgehead atoms. The van der Waals surface area contributed by atoms with Gasteiger partial charge in [-0.15, -0.1) is 0 Å². The van der Waals surface area contributed by atoms with Gasteiger partial charge in [-0.05, 0) is 31.7 Å². The number of piperidine rings is 1. The van der Waals surface area contributed by atoms with Crippen molar-refractivity contribution in [1.82, 2.24) is 5.32 Å². The first-order chi connectivity index (χ1) is 9.09. The Morgan fingerprint density at radius 1 is 1.00 bits per heavy atom. The number of rotatable bonds is 4. The summed E-state index contributed by atoms with van der Waals surface area (Å²) in [5, 5.41) is 32.6. The molecule has 0 amide bonds. The molecule has 4 N–H and O–H groups in total. The topological polar surface area (TPSA) is 72.7 Å². The van der Waals surface area contributed by atoms with Gasteiger partial charge >= 0.3 is 0 Å². The van der Waals surface area contributed by atoms with E-state index >= 15 is 0 Å². The normalized spacial score (nSPS) is 35.3. The van der Waals surface area contributed by atoms with Crippen LogP contribution in [0.25, 0.3) is 0 Å². The third-order valence-electron chi connectivity index (χ3n) is 3.92. The van der Waals surface area contributed by atoms with Crippen molar-refractivity contribution in [2.45, 2.75) is 56.6 Å². The maximum atomic E-state index is 9.95. The molecule has 1 saturated heterocycles. The van der Waals surface area contributed by atoms with E-state index < -0.39 is 18.3 Å². The Morgan fingerprint density at radius 2 is 1.68 bits per heavy atom. The highest BCUT2D eigenvalue weighted by atomic mass is 16.4. The van der Waals surface area contributed by atoms with E-state index in [4.69, 9.17) is 0 Å². The lowest BCUT2D eigenvalue weighted by Gasteiger charge is -2.40. The zero-order chi connectivity index (χ0) is 13.8. The molecule has 4 heteroatoms. The van der Waals surface area contributed by atoms with Crippen molar-refractivity contribution in [1.29, 1.82) is 0 Å². The molecule has 0 saturated carbocycles. The van der Waals surface area contributed by atoms with Gasteiger partial charge in [-0.2, -0.15) is 0 Å². The van der Waals surface area contributed by atoms with Crippen LogP contribution < -0.4 is 5.32 Å². The van der Waals surface area contributed by atoms with Crippen LogP contribution in [0.5, 0.6) is 0 Å². The second-order valence-corrected chi connectivity index (χ2v) is 5.41. The summed E-state index contributed by atoms with van der Waals surface area (Å²) in [4.78, 5) is 0. The lowest BCUT2D eigenvalue weighted by Crippen LogP contribution is -2.63. The molecule has 106 valence electrons. The Morgan fingerprint density at radius 3 is 2.37 bits per heavy atom. The summed E-state index contributed by atoms with van der Waals surface area (Å²) < 4.78 is 0. The Bertz CT molecular complexity index is 384. The number of aryl methyl sites for hydroxylation is 1. The summed E-state index contributed by atoms with van der Waals surface area (Å²) in [7, 11) is 0. The van der Waals surface area contributed by atoms with E-state index in [1.807, 2.05) is 25.1 Å². The molecular weight excluding hydrogens is 242 g/mol. The fraction of sp³-hybridized carbons (Fsp3) is 0.600. The van der Waals surface area contributed by atoms with Crippen molar-refractivity contribution < 1.29 is 15.3 Å². The smallest absolute Gasteiger partial charge is 0.109 e. The molecule has 1 aromatic carbocycles. The van der Waals surface area contributed by atoms with Crippen LogP contribution in [0.3, 0.4) is 0 Å². The van der Waals surface area contributed by atoms with Crippen molar-refractivity contribution in [3.8, 4) is 0 Å². The molecule has 1 aromatic rings. The first kappa shape index (κ1) is 14.5. The van der Waals surface area contributed by atoms with E-state index in [0.717, 1.165) is 19.3 Å². The minimum atomic E-state index is -1.06. The monoisotopic (exact) mass is 265 g/mol. The van der Waals surface area contributed by atoms with Gasteiger partial charge in [0, 0.05) is 12.1 Å². The van der Waals surface area contributed by atoms with Crippen LogP contribution in [0.4, 0.5) is 0 Å². The molecule has 0 aliphatic carbocycles. The molecule has 19 heavy (non-hydrogen) atoms. The molecule has 5 atom stereocenters. The van der Waals surface area contributed by atoms with Crippen molar-refractivity contribution in [3.63, 3.8) is 0 Å². The van der Waals surface area contributed by atoms with Gasteiger partial charge in [0.25, 0.3) is 0 Å². The number of hydrogen-bond donors (Lipinski definition) is 4. The Kier molecular flexibility index (Phi) is 4.93. The minimum Gasteiger partial charge on any atom is -0.389 e. The van der Waals surface area contributed by atoms with Crippen molar-refractivity contribution in [3.05, 3.63) is 35.9 Å². The Hall–Kier alpha value is -0.940. The maximum Gasteiger partial charge on any atom is 0.109 e. The van der Waals surface area contributed by atoms with E-state index in [-0.39, 0.29) is 12.1 Å². The van der Waals surface area contributed by atoms with Crippen molar-refractivity contribution >= 4 is 0 Å². The average Bonchev–Trinajstić information content (AvgIpc) is 2.43. The SMILES string of the molecule is C[C@@H]1N[C@H](CCCc2ccccc2)[C@@H](O)[C@H](O)[C@@H]1O. The lowest BCUT2D eigenvalue weighted by molar-refractivity contribution is -0.111. The summed E-state index contributed by atoms with van der Waals surface area (Å²) in [6.07, 6.45) is -0.183. The van der Waals surface area contributed by atoms with Gasteiger partial charge in [0.15, 0.2) is 0 Å². The lowest BCUT2D eigenvalue weighted by atomic mass is 9.88. The van der Waals surface area contributed by atoms with E-state index in [1.165, 1.54) is 5.56 Å². The van der Waals surface area contributed by atoms with E-state index in [1.54, 1.807) is 0 Å². The third kappa shape index (κ3) is 3.54. The van der Waals surface area contributed by atoms with Crippen LogP contribution in [0.1, 0.15) is 25.3 Å². The van der Waals surface area contributed by atoms with Gasteiger partial charge in [-0.3, -0.25) is 0 Å². The summed E-state index contributed by atoms with van der Waals surface area (Å²) >= 11 is 0. The summed E-state index contributed by atoms with van der Waals surface area (Å²) in [6.45, 7) is 1.82. The second-order valence-electron chi connectivity index (χ2n) is 5.41. The first-order valence-electron chi connectivity index (χ1n) is 6.94. The van der Waals surface area contributed by atoms with Gasteiger partial charge < -0.3 is 20.6 Å². The zero-order valence-electron chi connectivity index (χ0n) is 11.2. The van der Waals surface area contributed by atoms with Gasteiger partial charge in [-0.1, -0.05) is 30.3 Å². The average molecular weight is 265 g/mol. The number of benzene rings is 1. The van der Waals surface area contributed by atoms with Crippen LogP contribution in [0.2, 0.25) is 0 Å². The minimum absolute atomic E-state index is 0.155. The maximum absolute atomic E-state index is 9.95. The predicted molar refractivity (Wildman–Crippen MR) is 73.8 cm³/mol. The van der Waals surface area contributed by atoms with E-state index in [2.05, 4.69) is 17.4 Å². The summed E-state index contributed by atoms with van der Waals surface area (Å²) in [6, 6.07) is 9.86. The first-order valence-corrected chi connectivity index (χ1v) is 6.94. The van der Waals surface area contributed by atoms with E-state index in [0.29, 0.717) is 0 Å². The Labute approximate surface area is 114 Å². The zero-order valence-corrected chi connectivity index (χ0v) is 11.2. The Balaban J connectivity index is 1.82. The molecule has 1 aliphatic rings. The molecule has 1 heterocycles. The fourth-order valence-electron chi connectivity index (χ4n) is 2.70. The largest absolute Gasteiger partial charge is 0.389 e. The van der Waals surface area contributed by atoms with Gasteiger partial charge in [-0.25, -0.2) is 0 Å². The molecule has 0 spiro atoms. The fourth-order valence-corrected chi connectivity index (χ4v) is 2.70. The predicted octanol–water partition coefficient (Wildman–Crippen LogP) is 0.452. The summed E-state index contributed by atoms with van der Waals surface area (Å²) in [5.41, 5.74) is 1.28. The molecule has 0 unspecified atom stereocenters. The van der Waals surface area contributed by atoms with Crippen LogP contribution in [-0.4, -0.2) is 45.7 Å². The number of aliphatic hydroxyl groups excluding tert-OH is 3. The van der Waals surface area contributed by atoms with Crippen LogP contribution in [0.15, 0.2) is 30.3 Å². The standard InChI is InChI=1S/C15H23NO3/c1-10-13(17)15(19)14(18)12(16-10)9-5-8-11-6-3-2-4-7-11/h2-4,6-7,10,12-19H,5,8-9H2,1H3/t10-,12+,13+,14+,15+/m0/s1.